The van der Waals surface area contributed by atoms with Crippen molar-refractivity contribution in [3.8, 4) is 0 Å². The number of Topliss-reactive ketones (excluding diaryl/α,β-unsaturated/α-hetero) is 1. The first-order valence-electron chi connectivity index (χ1n) is 10.1. The molecule has 1 aromatic carbocycles. The number of methoxy groups -OCH3 is 1. The first kappa shape index (κ1) is 21.1. The molecule has 0 bridgehead atoms. The van der Waals surface area contributed by atoms with Crippen LogP contribution in [-0.4, -0.2) is 48.5 Å². The van der Waals surface area contributed by atoms with E-state index in [-0.39, 0.29) is 17.8 Å². The summed E-state index contributed by atoms with van der Waals surface area (Å²) in [4.78, 5) is 38.5. The van der Waals surface area contributed by atoms with E-state index in [1.165, 1.54) is 7.11 Å². The lowest BCUT2D eigenvalue weighted by atomic mass is 9.83. The number of carbonyl (C=O) groups is 3. The molecule has 156 valence electrons. The van der Waals surface area contributed by atoms with Crippen LogP contribution in [0.3, 0.4) is 0 Å². The maximum absolute atomic E-state index is 12.9. The Labute approximate surface area is 171 Å². The average molecular weight is 399 g/mol. The fraction of sp³-hybridized carbons (Fsp3) is 0.522. The zero-order chi connectivity index (χ0) is 21.2. The monoisotopic (exact) mass is 399 g/mol. The molecule has 1 amide bonds. The van der Waals surface area contributed by atoms with Gasteiger partial charge in [-0.1, -0.05) is 6.08 Å². The standard InChI is InChI=1S/C23H29NO5/c1-23(2,3)29-22(27)24-11-9-15(10-12-24)13-17-6-5-16-14-18(21(26)28-4)7-8-19(16)20(17)25/h7-8,13-15H,5-6,9-12H2,1-4H3. The fourth-order valence-electron chi connectivity index (χ4n) is 3.84. The molecular formula is C23H29NO5. The van der Waals surface area contributed by atoms with Crippen LogP contribution in [0.25, 0.3) is 0 Å². The van der Waals surface area contributed by atoms with Crippen molar-refractivity contribution in [2.24, 2.45) is 5.92 Å². The summed E-state index contributed by atoms with van der Waals surface area (Å²) in [5, 5.41) is 0. The number of amides is 1. The van der Waals surface area contributed by atoms with Crippen molar-refractivity contribution in [1.82, 2.24) is 4.90 Å². The summed E-state index contributed by atoms with van der Waals surface area (Å²) >= 11 is 0. The number of fused-ring (bicyclic) bond motifs is 1. The third-order valence-electron chi connectivity index (χ3n) is 5.35. The number of hydrogen-bond donors (Lipinski definition) is 0. The zero-order valence-corrected chi connectivity index (χ0v) is 17.6. The van der Waals surface area contributed by atoms with Gasteiger partial charge in [-0.05, 0) is 81.7 Å². The summed E-state index contributed by atoms with van der Waals surface area (Å²) in [6, 6.07) is 5.13. The number of carbonyl (C=O) groups excluding carboxylic acids is 3. The van der Waals surface area contributed by atoms with Gasteiger partial charge in [-0.25, -0.2) is 9.59 Å². The van der Waals surface area contributed by atoms with Crippen LogP contribution in [0.1, 0.15) is 66.3 Å². The summed E-state index contributed by atoms with van der Waals surface area (Å²) in [5.41, 5.74) is 2.38. The van der Waals surface area contributed by atoms with Crippen molar-refractivity contribution < 1.29 is 23.9 Å². The molecule has 2 aliphatic rings. The molecule has 0 saturated carbocycles. The average Bonchev–Trinajstić information content (AvgIpc) is 2.68. The maximum atomic E-state index is 12.9. The molecule has 0 unspecified atom stereocenters. The quantitative estimate of drug-likeness (QED) is 0.551. The van der Waals surface area contributed by atoms with Gasteiger partial charge in [-0.3, -0.25) is 4.79 Å². The van der Waals surface area contributed by atoms with Gasteiger partial charge in [0.05, 0.1) is 12.7 Å². The van der Waals surface area contributed by atoms with E-state index in [4.69, 9.17) is 9.47 Å². The SMILES string of the molecule is COC(=O)c1ccc2c(c1)CCC(=CC1CCN(C(=O)OC(C)(C)C)CC1)C2=O. The molecule has 0 N–H and O–H groups in total. The van der Waals surface area contributed by atoms with Crippen molar-refractivity contribution in [3.63, 3.8) is 0 Å². The molecule has 6 nitrogen and oxygen atoms in total. The third kappa shape index (κ3) is 5.05. The molecule has 1 aromatic rings. The summed E-state index contributed by atoms with van der Waals surface area (Å²) < 4.78 is 10.2. The van der Waals surface area contributed by atoms with E-state index in [1.54, 1.807) is 23.1 Å². The molecule has 1 saturated heterocycles. The lowest BCUT2D eigenvalue weighted by Crippen LogP contribution is -2.41. The number of piperidine rings is 1. The van der Waals surface area contributed by atoms with Crippen LogP contribution in [-0.2, 0) is 15.9 Å². The molecule has 0 radical (unpaired) electrons. The van der Waals surface area contributed by atoms with Gasteiger partial charge < -0.3 is 14.4 Å². The third-order valence-corrected chi connectivity index (χ3v) is 5.35. The van der Waals surface area contributed by atoms with Gasteiger partial charge in [0.25, 0.3) is 0 Å². The lowest BCUT2D eigenvalue weighted by Gasteiger charge is -2.33. The van der Waals surface area contributed by atoms with Gasteiger partial charge in [-0.15, -0.1) is 0 Å². The van der Waals surface area contributed by atoms with Crippen LogP contribution < -0.4 is 0 Å². The number of likely N-dealkylation sites (tertiary alicyclic amines) is 1. The summed E-state index contributed by atoms with van der Waals surface area (Å²) in [5.74, 6) is -0.0703. The van der Waals surface area contributed by atoms with Crippen molar-refractivity contribution in [3.05, 3.63) is 46.5 Å². The van der Waals surface area contributed by atoms with E-state index < -0.39 is 11.6 Å². The van der Waals surface area contributed by atoms with Crippen LogP contribution in [0, 0.1) is 5.92 Å². The second-order valence-corrected chi connectivity index (χ2v) is 8.69. The number of esters is 1. The molecule has 1 aliphatic heterocycles. The van der Waals surface area contributed by atoms with Crippen LogP contribution in [0.15, 0.2) is 29.8 Å². The Morgan fingerprint density at radius 2 is 1.83 bits per heavy atom. The van der Waals surface area contributed by atoms with E-state index in [0.29, 0.717) is 30.6 Å². The van der Waals surface area contributed by atoms with Gasteiger partial charge in [0, 0.05) is 18.7 Å². The van der Waals surface area contributed by atoms with E-state index in [9.17, 15) is 14.4 Å². The van der Waals surface area contributed by atoms with Crippen LogP contribution in [0.5, 0.6) is 0 Å². The van der Waals surface area contributed by atoms with Crippen molar-refractivity contribution in [2.45, 2.75) is 52.1 Å². The van der Waals surface area contributed by atoms with E-state index in [1.807, 2.05) is 20.8 Å². The second-order valence-electron chi connectivity index (χ2n) is 8.69. The predicted octanol–water partition coefficient (Wildman–Crippen LogP) is 4.18. The van der Waals surface area contributed by atoms with Gasteiger partial charge in [0.15, 0.2) is 5.78 Å². The molecule has 1 heterocycles. The van der Waals surface area contributed by atoms with Gasteiger partial charge >= 0.3 is 12.1 Å². The first-order valence-corrected chi connectivity index (χ1v) is 10.1. The topological polar surface area (TPSA) is 72.9 Å². The molecule has 0 atom stereocenters. The minimum absolute atomic E-state index is 0.0391. The number of aryl methyl sites for hydroxylation is 1. The number of benzene rings is 1. The van der Waals surface area contributed by atoms with Gasteiger partial charge in [0.1, 0.15) is 5.60 Å². The van der Waals surface area contributed by atoms with Crippen LogP contribution in [0.2, 0.25) is 0 Å². The van der Waals surface area contributed by atoms with Gasteiger partial charge in [-0.2, -0.15) is 0 Å². The highest BCUT2D eigenvalue weighted by Gasteiger charge is 2.28. The number of ketones is 1. The summed E-state index contributed by atoms with van der Waals surface area (Å²) in [7, 11) is 1.35. The van der Waals surface area contributed by atoms with E-state index in [0.717, 1.165) is 30.4 Å². The summed E-state index contributed by atoms with van der Waals surface area (Å²) in [6.07, 6.45) is 4.87. The Kier molecular flexibility index (Phi) is 6.10. The van der Waals surface area contributed by atoms with Crippen molar-refractivity contribution in [1.29, 1.82) is 0 Å². The number of allylic oxidation sites excluding steroid dienone is 2. The number of rotatable bonds is 2. The second kappa shape index (κ2) is 8.39. The first-order chi connectivity index (χ1) is 13.7. The van der Waals surface area contributed by atoms with E-state index >= 15 is 0 Å². The highest BCUT2D eigenvalue weighted by molar-refractivity contribution is 6.11. The smallest absolute Gasteiger partial charge is 0.410 e. The molecule has 1 aliphatic carbocycles. The molecular weight excluding hydrogens is 370 g/mol. The minimum atomic E-state index is -0.494. The lowest BCUT2D eigenvalue weighted by molar-refractivity contribution is 0.0196. The Balaban J connectivity index is 1.64. The fourth-order valence-corrected chi connectivity index (χ4v) is 3.84. The zero-order valence-electron chi connectivity index (χ0n) is 17.6. The molecule has 1 fully saturated rings. The Morgan fingerprint density at radius 1 is 1.14 bits per heavy atom. The van der Waals surface area contributed by atoms with E-state index in [2.05, 4.69) is 6.08 Å². The Morgan fingerprint density at radius 3 is 2.45 bits per heavy atom. The summed E-state index contributed by atoms with van der Waals surface area (Å²) in [6.45, 7) is 6.86. The van der Waals surface area contributed by atoms with Crippen LogP contribution in [0.4, 0.5) is 4.79 Å². The van der Waals surface area contributed by atoms with Crippen molar-refractivity contribution in [2.75, 3.05) is 20.2 Å². The predicted molar refractivity (Wildman–Crippen MR) is 109 cm³/mol. The molecule has 3 rings (SSSR count). The Hall–Kier alpha value is -2.63. The molecule has 29 heavy (non-hydrogen) atoms. The van der Waals surface area contributed by atoms with Crippen molar-refractivity contribution >= 4 is 17.8 Å². The highest BCUT2D eigenvalue weighted by atomic mass is 16.6. The minimum Gasteiger partial charge on any atom is -0.465 e. The number of nitrogens with zero attached hydrogens (tertiary/aromatic N) is 1. The Bertz CT molecular complexity index is 841. The molecule has 0 spiro atoms. The highest BCUT2D eigenvalue weighted by Crippen LogP contribution is 2.29. The number of hydrogen-bond acceptors (Lipinski definition) is 5. The largest absolute Gasteiger partial charge is 0.465 e. The maximum Gasteiger partial charge on any atom is 0.410 e. The molecule has 6 heteroatoms. The normalized spacial score (nSPS) is 19.1. The van der Waals surface area contributed by atoms with Gasteiger partial charge in [0.2, 0.25) is 0 Å². The number of ether oxygens (including phenoxy) is 2. The molecule has 0 aromatic heterocycles. The van der Waals surface area contributed by atoms with Crippen LogP contribution >= 0.6 is 0 Å².